The van der Waals surface area contributed by atoms with E-state index in [0.717, 1.165) is 6.08 Å². The zero-order chi connectivity index (χ0) is 9.30. The molecule has 0 spiro atoms. The highest BCUT2D eigenvalue weighted by Gasteiger charge is 2.37. The van der Waals surface area contributed by atoms with E-state index in [-0.39, 0.29) is 5.76 Å². The third kappa shape index (κ3) is 1.46. The number of aliphatic hydroxyl groups excluding tert-OH is 2. The van der Waals surface area contributed by atoms with Crippen LogP contribution in [0.15, 0.2) is 11.8 Å². The quantitative estimate of drug-likeness (QED) is 0.546. The molecule has 3 unspecified atom stereocenters. The number of alkyl halides is 1. The Kier molecular flexibility index (Phi) is 2.72. The summed E-state index contributed by atoms with van der Waals surface area (Å²) in [4.78, 5) is 11.0. The highest BCUT2D eigenvalue weighted by atomic mass is 35.5. The normalized spacial score (nSPS) is 36.2. The first-order valence-electron chi connectivity index (χ1n) is 3.37. The van der Waals surface area contributed by atoms with Crippen molar-refractivity contribution in [1.82, 2.24) is 0 Å². The van der Waals surface area contributed by atoms with Crippen LogP contribution < -0.4 is 0 Å². The average Bonchev–Trinajstić information content (AvgIpc) is 2.08. The first-order chi connectivity index (χ1) is 5.57. The largest absolute Gasteiger partial charge is 0.498 e. The molecular formula is C7H9ClO4. The SMILES string of the molecule is COC1=CC(=O)C(Cl)C(O)C1O. The minimum Gasteiger partial charge on any atom is -0.498 e. The van der Waals surface area contributed by atoms with Gasteiger partial charge in [-0.05, 0) is 0 Å². The van der Waals surface area contributed by atoms with E-state index in [1.165, 1.54) is 7.11 Å². The molecule has 0 aromatic heterocycles. The van der Waals surface area contributed by atoms with Gasteiger partial charge in [-0.3, -0.25) is 4.79 Å². The van der Waals surface area contributed by atoms with Gasteiger partial charge < -0.3 is 14.9 Å². The lowest BCUT2D eigenvalue weighted by Gasteiger charge is -2.26. The van der Waals surface area contributed by atoms with E-state index in [1.807, 2.05) is 0 Å². The second-order valence-electron chi connectivity index (χ2n) is 2.49. The maximum Gasteiger partial charge on any atom is 0.179 e. The lowest BCUT2D eigenvalue weighted by Crippen LogP contribution is -2.43. The van der Waals surface area contributed by atoms with Crippen molar-refractivity contribution in [3.05, 3.63) is 11.8 Å². The van der Waals surface area contributed by atoms with Gasteiger partial charge in [-0.1, -0.05) is 0 Å². The highest BCUT2D eigenvalue weighted by Crippen LogP contribution is 2.21. The summed E-state index contributed by atoms with van der Waals surface area (Å²) in [5.41, 5.74) is 0. The van der Waals surface area contributed by atoms with Crippen LogP contribution in [0.3, 0.4) is 0 Å². The number of ketones is 1. The smallest absolute Gasteiger partial charge is 0.179 e. The molecule has 0 heterocycles. The molecule has 5 heteroatoms. The Labute approximate surface area is 74.4 Å². The first kappa shape index (κ1) is 9.51. The van der Waals surface area contributed by atoms with Crippen molar-refractivity contribution in [2.75, 3.05) is 7.11 Å². The van der Waals surface area contributed by atoms with Gasteiger partial charge in [0.1, 0.15) is 23.3 Å². The summed E-state index contributed by atoms with van der Waals surface area (Å²) < 4.78 is 4.66. The number of hydrogen-bond acceptors (Lipinski definition) is 4. The molecule has 0 aromatic carbocycles. The van der Waals surface area contributed by atoms with Gasteiger partial charge in [0, 0.05) is 6.08 Å². The van der Waals surface area contributed by atoms with Crippen molar-refractivity contribution in [3.63, 3.8) is 0 Å². The summed E-state index contributed by atoms with van der Waals surface area (Å²) in [5.74, 6) is -0.407. The summed E-state index contributed by atoms with van der Waals surface area (Å²) in [6, 6.07) is 0. The van der Waals surface area contributed by atoms with Crippen molar-refractivity contribution in [2.45, 2.75) is 17.6 Å². The average molecular weight is 193 g/mol. The van der Waals surface area contributed by atoms with Crippen LogP contribution in [-0.4, -0.2) is 40.7 Å². The van der Waals surface area contributed by atoms with E-state index in [0.29, 0.717) is 0 Å². The van der Waals surface area contributed by atoms with Crippen LogP contribution in [-0.2, 0) is 9.53 Å². The van der Waals surface area contributed by atoms with E-state index in [4.69, 9.17) is 11.6 Å². The maximum absolute atomic E-state index is 11.0. The molecule has 1 rings (SSSR count). The zero-order valence-corrected chi connectivity index (χ0v) is 7.15. The number of methoxy groups -OCH3 is 1. The van der Waals surface area contributed by atoms with Crippen molar-refractivity contribution in [2.24, 2.45) is 0 Å². The van der Waals surface area contributed by atoms with Gasteiger partial charge >= 0.3 is 0 Å². The number of carbonyl (C=O) groups is 1. The Balaban J connectivity index is 2.91. The van der Waals surface area contributed by atoms with Crippen molar-refractivity contribution >= 4 is 17.4 Å². The summed E-state index contributed by atoms with van der Waals surface area (Å²) in [7, 11) is 1.31. The molecule has 12 heavy (non-hydrogen) atoms. The van der Waals surface area contributed by atoms with E-state index in [1.54, 1.807) is 0 Å². The van der Waals surface area contributed by atoms with Crippen LogP contribution in [0.2, 0.25) is 0 Å². The van der Waals surface area contributed by atoms with Gasteiger partial charge in [-0.15, -0.1) is 11.6 Å². The minimum atomic E-state index is -1.29. The van der Waals surface area contributed by atoms with Crippen LogP contribution in [0.25, 0.3) is 0 Å². The highest BCUT2D eigenvalue weighted by molar-refractivity contribution is 6.33. The van der Waals surface area contributed by atoms with Crippen LogP contribution in [0.1, 0.15) is 0 Å². The van der Waals surface area contributed by atoms with E-state index < -0.39 is 23.4 Å². The Morgan fingerprint density at radius 3 is 2.67 bits per heavy atom. The lowest BCUT2D eigenvalue weighted by atomic mass is 9.98. The Morgan fingerprint density at radius 1 is 1.58 bits per heavy atom. The van der Waals surface area contributed by atoms with Gasteiger partial charge in [0.05, 0.1) is 7.11 Å². The number of aliphatic hydroxyl groups is 2. The molecule has 1 aliphatic rings. The van der Waals surface area contributed by atoms with E-state index in [9.17, 15) is 15.0 Å². The number of ether oxygens (including phenoxy) is 1. The van der Waals surface area contributed by atoms with Crippen molar-refractivity contribution in [3.8, 4) is 0 Å². The molecule has 0 saturated heterocycles. The maximum atomic E-state index is 11.0. The molecule has 0 radical (unpaired) electrons. The first-order valence-corrected chi connectivity index (χ1v) is 3.81. The van der Waals surface area contributed by atoms with E-state index in [2.05, 4.69) is 4.74 Å². The lowest BCUT2D eigenvalue weighted by molar-refractivity contribution is -0.119. The summed E-state index contributed by atoms with van der Waals surface area (Å²) >= 11 is 5.48. The van der Waals surface area contributed by atoms with Crippen LogP contribution in [0.5, 0.6) is 0 Å². The molecule has 3 atom stereocenters. The second kappa shape index (κ2) is 3.43. The number of halogens is 1. The molecule has 0 aliphatic heterocycles. The topological polar surface area (TPSA) is 66.8 Å². The molecular weight excluding hydrogens is 184 g/mol. The molecule has 0 saturated carbocycles. The third-order valence-electron chi connectivity index (χ3n) is 1.71. The van der Waals surface area contributed by atoms with Gasteiger partial charge in [0.25, 0.3) is 0 Å². The summed E-state index contributed by atoms with van der Waals surface area (Å²) in [6.07, 6.45) is -1.41. The Morgan fingerprint density at radius 2 is 2.17 bits per heavy atom. The molecule has 68 valence electrons. The van der Waals surface area contributed by atoms with Crippen LogP contribution in [0.4, 0.5) is 0 Å². The predicted octanol–water partition coefficient (Wildman–Crippen LogP) is -0.571. The van der Waals surface area contributed by atoms with Crippen LogP contribution >= 0.6 is 11.6 Å². The monoisotopic (exact) mass is 192 g/mol. The number of allylic oxidation sites excluding steroid dienone is 1. The van der Waals surface area contributed by atoms with Gasteiger partial charge in [-0.2, -0.15) is 0 Å². The summed E-state index contributed by atoms with van der Waals surface area (Å²) in [5, 5.41) is 17.4. The Hall–Kier alpha value is -0.580. The second-order valence-corrected chi connectivity index (χ2v) is 2.96. The van der Waals surface area contributed by atoms with Crippen molar-refractivity contribution < 1.29 is 19.7 Å². The molecule has 4 nitrogen and oxygen atoms in total. The fraction of sp³-hybridized carbons (Fsp3) is 0.571. The van der Waals surface area contributed by atoms with Gasteiger partial charge in [-0.25, -0.2) is 0 Å². The Bertz CT molecular complexity index is 225. The minimum absolute atomic E-state index is 0.0457. The van der Waals surface area contributed by atoms with Crippen molar-refractivity contribution in [1.29, 1.82) is 0 Å². The number of carbonyl (C=O) groups excluding carboxylic acids is 1. The van der Waals surface area contributed by atoms with Gasteiger partial charge in [0.2, 0.25) is 0 Å². The fourth-order valence-electron chi connectivity index (χ4n) is 0.982. The predicted molar refractivity (Wildman–Crippen MR) is 41.8 cm³/mol. The van der Waals surface area contributed by atoms with Crippen LogP contribution in [0, 0.1) is 0 Å². The third-order valence-corrected chi connectivity index (χ3v) is 2.18. The number of rotatable bonds is 1. The van der Waals surface area contributed by atoms with E-state index >= 15 is 0 Å². The van der Waals surface area contributed by atoms with Gasteiger partial charge in [0.15, 0.2) is 5.78 Å². The molecule has 0 bridgehead atoms. The molecule has 0 fully saturated rings. The molecule has 2 N–H and O–H groups in total. The molecule has 0 amide bonds. The molecule has 0 aromatic rings. The summed E-state index contributed by atoms with van der Waals surface area (Å²) in [6.45, 7) is 0. The molecule has 1 aliphatic carbocycles. The number of hydrogen-bond donors (Lipinski definition) is 2. The standard InChI is InChI=1S/C7H9ClO4/c1-12-4-2-3(9)5(8)7(11)6(4)10/h2,5-7,10-11H,1H3. The fourth-order valence-corrected chi connectivity index (χ4v) is 1.18. The zero-order valence-electron chi connectivity index (χ0n) is 6.40.